The van der Waals surface area contributed by atoms with E-state index < -0.39 is 11.7 Å². The van der Waals surface area contributed by atoms with Crippen molar-refractivity contribution < 1.29 is 17.6 Å². The van der Waals surface area contributed by atoms with Gasteiger partial charge in [-0.25, -0.2) is 0 Å². The molecule has 0 aliphatic heterocycles. The zero-order valence-corrected chi connectivity index (χ0v) is 20.1. The fourth-order valence-corrected chi connectivity index (χ4v) is 4.80. The lowest BCUT2D eigenvalue weighted by Crippen LogP contribution is -2.05. The summed E-state index contributed by atoms with van der Waals surface area (Å²) in [7, 11) is 0. The van der Waals surface area contributed by atoms with Crippen LogP contribution in [0.25, 0.3) is 44.3 Å². The molecule has 2 heterocycles. The molecule has 2 aromatic heterocycles. The van der Waals surface area contributed by atoms with Crippen LogP contribution in [-0.2, 0) is 6.18 Å². The van der Waals surface area contributed by atoms with Gasteiger partial charge >= 0.3 is 6.18 Å². The highest BCUT2D eigenvalue weighted by molar-refractivity contribution is 6.09. The Labute approximate surface area is 202 Å². The third-order valence-electron chi connectivity index (χ3n) is 6.50. The number of rotatable bonds is 4. The van der Waals surface area contributed by atoms with E-state index in [1.165, 1.54) is 17.2 Å². The predicted octanol–water partition coefficient (Wildman–Crippen LogP) is 9.58. The fraction of sp³-hybridized carbons (Fsp3) is 0.233. The molecule has 0 N–H and O–H groups in total. The lowest BCUT2D eigenvalue weighted by atomic mass is 9.85. The topological polar surface area (TPSA) is 26.0 Å². The lowest BCUT2D eigenvalue weighted by Gasteiger charge is -2.20. The molecule has 0 aliphatic carbocycles. The van der Waals surface area contributed by atoms with Gasteiger partial charge in [-0.15, -0.1) is 0 Å². The molecule has 0 amide bonds. The molecule has 35 heavy (non-hydrogen) atoms. The largest absolute Gasteiger partial charge is 0.455 e. The molecular weight excluding hydrogens is 447 g/mol. The van der Waals surface area contributed by atoms with E-state index in [4.69, 9.17) is 4.42 Å². The van der Waals surface area contributed by atoms with Crippen molar-refractivity contribution in [3.8, 4) is 22.4 Å². The van der Waals surface area contributed by atoms with E-state index in [9.17, 15) is 13.2 Å². The minimum atomic E-state index is -4.49. The maximum absolute atomic E-state index is 13.9. The molecule has 5 aromatic rings. The summed E-state index contributed by atoms with van der Waals surface area (Å²) in [6.07, 6.45) is -2.82. The predicted molar refractivity (Wildman–Crippen MR) is 136 cm³/mol. The smallest absolute Gasteiger partial charge is 0.416 e. The molecule has 5 rings (SSSR count). The second-order valence-electron chi connectivity index (χ2n) is 9.55. The highest BCUT2D eigenvalue weighted by Crippen LogP contribution is 2.42. The highest BCUT2D eigenvalue weighted by Gasteiger charge is 2.32. The molecule has 0 unspecified atom stereocenters. The normalized spacial score (nSPS) is 12.4. The first-order chi connectivity index (χ1) is 16.6. The summed E-state index contributed by atoms with van der Waals surface area (Å²) in [4.78, 5) is 4.50. The van der Waals surface area contributed by atoms with Gasteiger partial charge < -0.3 is 4.42 Å². The highest BCUT2D eigenvalue weighted by atomic mass is 19.4. The SMILES string of the molecule is CC(C)c1cccc(C(C)C)c1-c1ccnc(-c2cc(C(F)(F)F)cc3c2oc2ccccc23)c1. The van der Waals surface area contributed by atoms with Crippen molar-refractivity contribution in [1.82, 2.24) is 4.98 Å². The van der Waals surface area contributed by atoms with Gasteiger partial charge in [0.05, 0.1) is 11.3 Å². The van der Waals surface area contributed by atoms with E-state index in [-0.39, 0.29) is 11.8 Å². The summed E-state index contributed by atoms with van der Waals surface area (Å²) in [6.45, 7) is 8.59. The molecular formula is C30H26F3NO. The molecule has 3 aromatic carbocycles. The Kier molecular flexibility index (Phi) is 5.66. The van der Waals surface area contributed by atoms with E-state index in [0.717, 1.165) is 17.2 Å². The van der Waals surface area contributed by atoms with Crippen molar-refractivity contribution in [3.63, 3.8) is 0 Å². The number of pyridine rings is 1. The number of aromatic nitrogens is 1. The first-order valence-electron chi connectivity index (χ1n) is 11.8. The number of nitrogens with zero attached hydrogens (tertiary/aromatic N) is 1. The Morgan fingerprint density at radius 1 is 0.771 bits per heavy atom. The van der Waals surface area contributed by atoms with Gasteiger partial charge in [-0.3, -0.25) is 4.98 Å². The summed E-state index contributed by atoms with van der Waals surface area (Å²) in [6, 6.07) is 19.6. The van der Waals surface area contributed by atoms with Crippen LogP contribution < -0.4 is 0 Å². The Balaban J connectivity index is 1.80. The summed E-state index contributed by atoms with van der Waals surface area (Å²) >= 11 is 0. The van der Waals surface area contributed by atoms with Crippen molar-refractivity contribution in [2.24, 2.45) is 0 Å². The molecule has 0 atom stereocenters. The van der Waals surface area contributed by atoms with Gasteiger partial charge in [-0.1, -0.05) is 64.1 Å². The number of furan rings is 1. The molecule has 0 bridgehead atoms. The van der Waals surface area contributed by atoms with Crippen molar-refractivity contribution in [2.75, 3.05) is 0 Å². The van der Waals surface area contributed by atoms with Crippen molar-refractivity contribution >= 4 is 21.9 Å². The molecule has 0 saturated heterocycles. The average molecular weight is 474 g/mol. The van der Waals surface area contributed by atoms with E-state index in [2.05, 4.69) is 50.9 Å². The van der Waals surface area contributed by atoms with Crippen LogP contribution in [0, 0.1) is 0 Å². The second kappa shape index (κ2) is 8.56. The third-order valence-corrected chi connectivity index (χ3v) is 6.50. The number of benzene rings is 3. The molecule has 2 nitrogen and oxygen atoms in total. The zero-order chi connectivity index (χ0) is 24.9. The Hall–Kier alpha value is -3.60. The van der Waals surface area contributed by atoms with Gasteiger partial charge in [0.1, 0.15) is 11.2 Å². The quantitative estimate of drug-likeness (QED) is 0.260. The number of halogens is 3. The number of alkyl halides is 3. The fourth-order valence-electron chi connectivity index (χ4n) is 4.80. The molecule has 5 heteroatoms. The van der Waals surface area contributed by atoms with Gasteiger partial charge in [-0.05, 0) is 64.4 Å². The molecule has 0 radical (unpaired) electrons. The number of para-hydroxylation sites is 1. The number of hydrogen-bond acceptors (Lipinski definition) is 2. The van der Waals surface area contributed by atoms with Crippen molar-refractivity contribution in [3.05, 3.63) is 89.6 Å². The van der Waals surface area contributed by atoms with Gasteiger partial charge in [0, 0.05) is 22.5 Å². The standard InChI is InChI=1S/C30H26F3NO/c1-17(2)21-9-7-10-22(18(3)4)28(21)19-12-13-34-26(14-19)25-16-20(30(31,32)33)15-24-23-8-5-6-11-27(23)35-29(24)25/h5-18H,1-4H3. The first-order valence-corrected chi connectivity index (χ1v) is 11.8. The van der Waals surface area contributed by atoms with E-state index >= 15 is 0 Å². The van der Waals surface area contributed by atoms with Gasteiger partial charge in [0.15, 0.2) is 0 Å². The summed E-state index contributed by atoms with van der Waals surface area (Å²) in [5.41, 5.74) is 5.48. The van der Waals surface area contributed by atoms with Crippen molar-refractivity contribution in [1.29, 1.82) is 0 Å². The van der Waals surface area contributed by atoms with Gasteiger partial charge in [-0.2, -0.15) is 13.2 Å². The third kappa shape index (κ3) is 4.09. The van der Waals surface area contributed by atoms with Crippen LogP contribution >= 0.6 is 0 Å². The molecule has 0 fully saturated rings. The van der Waals surface area contributed by atoms with Crippen LogP contribution in [-0.4, -0.2) is 4.98 Å². The maximum Gasteiger partial charge on any atom is 0.416 e. The lowest BCUT2D eigenvalue weighted by molar-refractivity contribution is -0.137. The van der Waals surface area contributed by atoms with Crippen LogP contribution in [0.1, 0.15) is 56.2 Å². The van der Waals surface area contributed by atoms with E-state index in [0.29, 0.717) is 33.2 Å². The molecule has 0 saturated carbocycles. The summed E-state index contributed by atoms with van der Waals surface area (Å²) < 4.78 is 47.8. The van der Waals surface area contributed by atoms with Crippen LogP contribution in [0.15, 0.2) is 77.3 Å². The molecule has 0 spiro atoms. The van der Waals surface area contributed by atoms with Crippen LogP contribution in [0.2, 0.25) is 0 Å². The molecule has 178 valence electrons. The minimum Gasteiger partial charge on any atom is -0.455 e. The number of hydrogen-bond donors (Lipinski definition) is 0. The Morgan fingerprint density at radius 2 is 1.46 bits per heavy atom. The Morgan fingerprint density at radius 3 is 2.11 bits per heavy atom. The molecule has 0 aliphatic rings. The van der Waals surface area contributed by atoms with Gasteiger partial charge in [0.2, 0.25) is 0 Å². The zero-order valence-electron chi connectivity index (χ0n) is 20.1. The second-order valence-corrected chi connectivity index (χ2v) is 9.55. The summed E-state index contributed by atoms with van der Waals surface area (Å²) in [5.74, 6) is 0.576. The van der Waals surface area contributed by atoms with Crippen LogP contribution in [0.5, 0.6) is 0 Å². The average Bonchev–Trinajstić information content (AvgIpc) is 3.21. The van der Waals surface area contributed by atoms with Gasteiger partial charge in [0.25, 0.3) is 0 Å². The van der Waals surface area contributed by atoms with Crippen LogP contribution in [0.4, 0.5) is 13.2 Å². The maximum atomic E-state index is 13.9. The minimum absolute atomic E-state index is 0.288. The van der Waals surface area contributed by atoms with Crippen molar-refractivity contribution in [2.45, 2.75) is 45.7 Å². The number of fused-ring (bicyclic) bond motifs is 3. The van der Waals surface area contributed by atoms with E-state index in [1.54, 1.807) is 24.4 Å². The summed E-state index contributed by atoms with van der Waals surface area (Å²) in [5, 5.41) is 1.08. The van der Waals surface area contributed by atoms with Crippen LogP contribution in [0.3, 0.4) is 0 Å². The monoisotopic (exact) mass is 473 g/mol. The Bertz CT molecular complexity index is 1520. The first kappa shape index (κ1) is 23.2. The van der Waals surface area contributed by atoms with E-state index in [1.807, 2.05) is 18.2 Å².